The van der Waals surface area contributed by atoms with Gasteiger partial charge in [-0.25, -0.2) is 0 Å². The molecule has 1 aliphatic heterocycles. The molecule has 1 rings (SSSR count). The molecule has 0 unspecified atom stereocenters. The van der Waals surface area contributed by atoms with Gasteiger partial charge in [0.25, 0.3) is 0 Å². The van der Waals surface area contributed by atoms with Gasteiger partial charge >= 0.3 is 5.97 Å². The predicted octanol–water partition coefficient (Wildman–Crippen LogP) is 1.49. The minimum Gasteiger partial charge on any atom is -0.481 e. The average molecular weight is 298 g/mol. The molecule has 1 N–H and O–H groups in total. The molecule has 0 saturated carbocycles. The van der Waals surface area contributed by atoms with Crippen LogP contribution in [0.25, 0.3) is 0 Å². The summed E-state index contributed by atoms with van der Waals surface area (Å²) in [5.41, 5.74) is 0. The third-order valence-corrected chi connectivity index (χ3v) is 3.76. The van der Waals surface area contributed by atoms with E-state index in [1.807, 2.05) is 18.7 Å². The highest BCUT2D eigenvalue weighted by Crippen LogP contribution is 2.11. The van der Waals surface area contributed by atoms with Crippen molar-refractivity contribution in [1.29, 1.82) is 0 Å². The van der Waals surface area contributed by atoms with E-state index in [-0.39, 0.29) is 37.2 Å². The van der Waals surface area contributed by atoms with E-state index >= 15 is 0 Å². The molecule has 21 heavy (non-hydrogen) atoms. The monoisotopic (exact) mass is 298 g/mol. The van der Waals surface area contributed by atoms with Gasteiger partial charge in [-0.15, -0.1) is 0 Å². The predicted molar refractivity (Wildman–Crippen MR) is 78.8 cm³/mol. The lowest BCUT2D eigenvalue weighted by atomic mass is 10.2. The molecular formula is C15H26N2O4. The number of amides is 2. The van der Waals surface area contributed by atoms with Gasteiger partial charge in [0.1, 0.15) is 0 Å². The summed E-state index contributed by atoms with van der Waals surface area (Å²) in [5, 5.41) is 8.65. The fraction of sp³-hybridized carbons (Fsp3) is 0.800. The maximum absolute atomic E-state index is 12.3. The van der Waals surface area contributed by atoms with E-state index in [0.717, 1.165) is 38.8 Å². The fourth-order valence-corrected chi connectivity index (χ4v) is 2.48. The minimum absolute atomic E-state index is 0.0331. The number of carboxylic acids is 1. The molecule has 1 heterocycles. The van der Waals surface area contributed by atoms with Gasteiger partial charge in [-0.1, -0.05) is 12.8 Å². The van der Waals surface area contributed by atoms with Crippen molar-refractivity contribution in [2.24, 2.45) is 0 Å². The zero-order valence-electron chi connectivity index (χ0n) is 13.0. The molecule has 120 valence electrons. The van der Waals surface area contributed by atoms with Crippen LogP contribution in [0.1, 0.15) is 52.4 Å². The maximum Gasteiger partial charge on any atom is 0.303 e. The van der Waals surface area contributed by atoms with E-state index in [1.165, 1.54) is 4.90 Å². The number of carbonyl (C=O) groups is 3. The molecule has 2 amide bonds. The first-order valence-electron chi connectivity index (χ1n) is 7.71. The lowest BCUT2D eigenvalue weighted by Crippen LogP contribution is -2.46. The third-order valence-electron chi connectivity index (χ3n) is 3.76. The van der Waals surface area contributed by atoms with Gasteiger partial charge in [0.15, 0.2) is 0 Å². The molecule has 1 aliphatic rings. The van der Waals surface area contributed by atoms with Crippen LogP contribution in [-0.4, -0.2) is 58.4 Å². The van der Waals surface area contributed by atoms with Crippen molar-refractivity contribution >= 4 is 17.8 Å². The third kappa shape index (κ3) is 6.14. The van der Waals surface area contributed by atoms with Crippen molar-refractivity contribution in [1.82, 2.24) is 9.80 Å². The Morgan fingerprint density at radius 1 is 1.05 bits per heavy atom. The Hall–Kier alpha value is -1.59. The quantitative estimate of drug-likeness (QED) is 0.806. The van der Waals surface area contributed by atoms with E-state index in [2.05, 4.69) is 0 Å². The minimum atomic E-state index is -0.995. The van der Waals surface area contributed by atoms with E-state index in [1.54, 1.807) is 0 Å². The second-order valence-electron chi connectivity index (χ2n) is 5.80. The van der Waals surface area contributed by atoms with Crippen molar-refractivity contribution in [2.45, 2.75) is 58.4 Å². The highest BCUT2D eigenvalue weighted by atomic mass is 16.4. The molecule has 0 bridgehead atoms. The number of carbonyl (C=O) groups excluding carboxylic acids is 2. The van der Waals surface area contributed by atoms with Crippen LogP contribution < -0.4 is 0 Å². The molecular weight excluding hydrogens is 272 g/mol. The molecule has 0 radical (unpaired) electrons. The number of hydrogen-bond acceptors (Lipinski definition) is 3. The normalized spacial score (nSPS) is 15.7. The molecule has 6 nitrogen and oxygen atoms in total. The van der Waals surface area contributed by atoms with Crippen LogP contribution in [0.15, 0.2) is 0 Å². The first-order chi connectivity index (χ1) is 9.91. The van der Waals surface area contributed by atoms with Crippen molar-refractivity contribution in [3.05, 3.63) is 0 Å². The smallest absolute Gasteiger partial charge is 0.303 e. The van der Waals surface area contributed by atoms with Crippen LogP contribution in [0, 0.1) is 0 Å². The number of likely N-dealkylation sites (tertiary alicyclic amines) is 1. The first-order valence-corrected chi connectivity index (χ1v) is 7.71. The maximum atomic E-state index is 12.3. The summed E-state index contributed by atoms with van der Waals surface area (Å²) in [4.78, 5) is 38.3. The Morgan fingerprint density at radius 3 is 2.10 bits per heavy atom. The zero-order valence-corrected chi connectivity index (χ0v) is 13.0. The molecule has 0 spiro atoms. The number of hydrogen-bond donors (Lipinski definition) is 1. The Bertz CT molecular complexity index is 374. The summed E-state index contributed by atoms with van der Waals surface area (Å²) in [6.07, 6.45) is 4.08. The molecule has 0 atom stereocenters. The molecule has 1 fully saturated rings. The molecule has 0 aromatic carbocycles. The Labute approximate surface area is 126 Å². The lowest BCUT2D eigenvalue weighted by Gasteiger charge is -2.29. The number of rotatable bonds is 6. The summed E-state index contributed by atoms with van der Waals surface area (Å²) in [5.74, 6) is -1.30. The molecule has 1 saturated heterocycles. The Kier molecular flexibility index (Phi) is 7.19. The standard InChI is InChI=1S/C15H26N2O4/c1-12(2)17(13(18)7-8-15(20)21)11-14(19)16-9-5-3-4-6-10-16/h12H,3-11H2,1-2H3,(H,20,21). The summed E-state index contributed by atoms with van der Waals surface area (Å²) in [6, 6.07) is -0.109. The van der Waals surface area contributed by atoms with E-state index < -0.39 is 5.97 Å². The van der Waals surface area contributed by atoms with Gasteiger partial charge in [0, 0.05) is 25.6 Å². The van der Waals surface area contributed by atoms with Crippen LogP contribution in [0.5, 0.6) is 0 Å². The van der Waals surface area contributed by atoms with E-state index in [0.29, 0.717) is 0 Å². The SMILES string of the molecule is CC(C)N(CC(=O)N1CCCCCC1)C(=O)CCC(=O)O. The van der Waals surface area contributed by atoms with Crippen molar-refractivity contribution in [3.8, 4) is 0 Å². The van der Waals surface area contributed by atoms with Gasteiger partial charge in [0.05, 0.1) is 13.0 Å². The largest absolute Gasteiger partial charge is 0.481 e. The summed E-state index contributed by atoms with van der Waals surface area (Å²) >= 11 is 0. The van der Waals surface area contributed by atoms with Crippen LogP contribution in [-0.2, 0) is 14.4 Å². The van der Waals surface area contributed by atoms with E-state index in [4.69, 9.17) is 5.11 Å². The molecule has 0 aromatic rings. The van der Waals surface area contributed by atoms with Crippen molar-refractivity contribution in [3.63, 3.8) is 0 Å². The van der Waals surface area contributed by atoms with Gasteiger partial charge in [0.2, 0.25) is 11.8 Å². The fourth-order valence-electron chi connectivity index (χ4n) is 2.48. The summed E-state index contributed by atoms with van der Waals surface area (Å²) in [6.45, 7) is 5.25. The van der Waals surface area contributed by atoms with Gasteiger partial charge < -0.3 is 14.9 Å². The molecule has 0 aromatic heterocycles. The van der Waals surface area contributed by atoms with Crippen molar-refractivity contribution in [2.75, 3.05) is 19.6 Å². The van der Waals surface area contributed by atoms with E-state index in [9.17, 15) is 14.4 Å². The highest BCUT2D eigenvalue weighted by Gasteiger charge is 2.24. The van der Waals surface area contributed by atoms with Gasteiger partial charge in [-0.2, -0.15) is 0 Å². The Morgan fingerprint density at radius 2 is 1.62 bits per heavy atom. The van der Waals surface area contributed by atoms with Crippen LogP contribution in [0.4, 0.5) is 0 Å². The summed E-state index contributed by atoms with van der Waals surface area (Å²) < 4.78 is 0. The van der Waals surface area contributed by atoms with Gasteiger partial charge in [-0.3, -0.25) is 14.4 Å². The average Bonchev–Trinajstić information content (AvgIpc) is 2.70. The van der Waals surface area contributed by atoms with Crippen molar-refractivity contribution < 1.29 is 19.5 Å². The second-order valence-corrected chi connectivity index (χ2v) is 5.80. The lowest BCUT2D eigenvalue weighted by molar-refractivity contribution is -0.144. The van der Waals surface area contributed by atoms with Crippen LogP contribution >= 0.6 is 0 Å². The second kappa shape index (κ2) is 8.64. The first kappa shape index (κ1) is 17.5. The number of carboxylic acid groups (broad SMARTS) is 1. The highest BCUT2D eigenvalue weighted by molar-refractivity contribution is 5.86. The molecule has 0 aliphatic carbocycles. The number of aliphatic carboxylic acids is 1. The molecule has 6 heteroatoms. The Balaban J connectivity index is 2.57. The van der Waals surface area contributed by atoms with Gasteiger partial charge in [-0.05, 0) is 26.7 Å². The van der Waals surface area contributed by atoms with Crippen LogP contribution in [0.2, 0.25) is 0 Å². The zero-order chi connectivity index (χ0) is 15.8. The summed E-state index contributed by atoms with van der Waals surface area (Å²) in [7, 11) is 0. The topological polar surface area (TPSA) is 77.9 Å². The van der Waals surface area contributed by atoms with Crippen LogP contribution in [0.3, 0.4) is 0 Å². The number of nitrogens with zero attached hydrogens (tertiary/aromatic N) is 2.